The summed E-state index contributed by atoms with van der Waals surface area (Å²) in [4.78, 5) is 16.2. The van der Waals surface area contributed by atoms with E-state index in [1.165, 1.54) is 20.5 Å². The molecule has 2 heterocycles. The summed E-state index contributed by atoms with van der Waals surface area (Å²) in [5.41, 5.74) is 0.750. The standard InChI is InChI=1S/C22H20ClN2O5P/c1-28-15-5-3-7-17(12-15)31(27,29-2)21-18-11-14(23)8-9-19(18)25-20(21)22(26)24-13-16-6-4-10-30-16/h3-12,25H,13H2,1-2H3,(H,24,26). The smallest absolute Gasteiger partial charge is 0.268 e. The number of aromatic nitrogens is 1. The van der Waals surface area contributed by atoms with Gasteiger partial charge in [0.2, 0.25) is 0 Å². The van der Waals surface area contributed by atoms with Crippen LogP contribution in [0.2, 0.25) is 5.02 Å². The maximum atomic E-state index is 14.3. The predicted octanol–water partition coefficient (Wildman–Crippen LogP) is 4.23. The van der Waals surface area contributed by atoms with Crippen molar-refractivity contribution in [2.45, 2.75) is 6.54 Å². The minimum Gasteiger partial charge on any atom is -0.497 e. The Balaban J connectivity index is 1.87. The molecule has 1 atom stereocenters. The summed E-state index contributed by atoms with van der Waals surface area (Å²) in [6, 6.07) is 15.4. The summed E-state index contributed by atoms with van der Waals surface area (Å²) in [6.45, 7) is 0.178. The molecule has 1 unspecified atom stereocenters. The highest BCUT2D eigenvalue weighted by atomic mass is 35.5. The van der Waals surface area contributed by atoms with Crippen molar-refractivity contribution in [3.8, 4) is 5.75 Å². The van der Waals surface area contributed by atoms with E-state index in [9.17, 15) is 9.36 Å². The first kappa shape index (κ1) is 21.2. The van der Waals surface area contributed by atoms with Crippen molar-refractivity contribution < 1.29 is 23.0 Å². The predicted molar refractivity (Wildman–Crippen MR) is 120 cm³/mol. The topological polar surface area (TPSA) is 93.6 Å². The van der Waals surface area contributed by atoms with E-state index in [1.54, 1.807) is 54.6 Å². The van der Waals surface area contributed by atoms with Crippen LogP contribution in [0.15, 0.2) is 65.3 Å². The molecule has 4 aromatic rings. The second-order valence-corrected chi connectivity index (χ2v) is 9.60. The zero-order valence-electron chi connectivity index (χ0n) is 16.8. The molecular formula is C22H20ClN2O5P. The number of rotatable bonds is 7. The molecule has 31 heavy (non-hydrogen) atoms. The van der Waals surface area contributed by atoms with Gasteiger partial charge in [0.25, 0.3) is 13.3 Å². The molecular weight excluding hydrogens is 439 g/mol. The van der Waals surface area contributed by atoms with Crippen molar-refractivity contribution in [3.63, 3.8) is 0 Å². The zero-order valence-corrected chi connectivity index (χ0v) is 18.5. The fourth-order valence-corrected chi connectivity index (χ4v) is 5.77. The van der Waals surface area contributed by atoms with Gasteiger partial charge in [-0.05, 0) is 48.5 Å². The van der Waals surface area contributed by atoms with Crippen LogP contribution in [0.4, 0.5) is 0 Å². The molecule has 0 aliphatic carbocycles. The summed E-state index contributed by atoms with van der Waals surface area (Å²) in [5.74, 6) is 0.673. The molecule has 0 fully saturated rings. The summed E-state index contributed by atoms with van der Waals surface area (Å²) >= 11 is 6.22. The number of methoxy groups -OCH3 is 1. The molecule has 160 valence electrons. The first-order valence-electron chi connectivity index (χ1n) is 9.39. The van der Waals surface area contributed by atoms with Gasteiger partial charge in [0.1, 0.15) is 17.2 Å². The van der Waals surface area contributed by atoms with E-state index in [-0.39, 0.29) is 17.5 Å². The largest absolute Gasteiger partial charge is 0.497 e. The van der Waals surface area contributed by atoms with Crippen molar-refractivity contribution in [2.75, 3.05) is 14.2 Å². The zero-order chi connectivity index (χ0) is 22.0. The van der Waals surface area contributed by atoms with Crippen LogP contribution in [0.5, 0.6) is 5.75 Å². The third-order valence-electron chi connectivity index (χ3n) is 4.91. The summed E-state index contributed by atoms with van der Waals surface area (Å²) in [5, 5.41) is 4.43. The lowest BCUT2D eigenvalue weighted by Crippen LogP contribution is -2.30. The first-order chi connectivity index (χ1) is 15.0. The second kappa shape index (κ2) is 8.63. The average Bonchev–Trinajstić information content (AvgIpc) is 3.44. The van der Waals surface area contributed by atoms with E-state index in [2.05, 4.69) is 10.3 Å². The number of benzene rings is 2. The molecule has 2 aromatic heterocycles. The number of nitrogens with one attached hydrogen (secondary N) is 2. The number of amides is 1. The second-order valence-electron chi connectivity index (χ2n) is 6.74. The van der Waals surface area contributed by atoms with E-state index < -0.39 is 13.3 Å². The summed E-state index contributed by atoms with van der Waals surface area (Å²) in [6.07, 6.45) is 1.53. The lowest BCUT2D eigenvalue weighted by Gasteiger charge is -2.18. The Kier molecular flexibility index (Phi) is 5.92. The van der Waals surface area contributed by atoms with Crippen molar-refractivity contribution in [3.05, 3.63) is 77.3 Å². The van der Waals surface area contributed by atoms with Gasteiger partial charge < -0.3 is 24.0 Å². The van der Waals surface area contributed by atoms with Crippen molar-refractivity contribution in [2.24, 2.45) is 0 Å². The van der Waals surface area contributed by atoms with Gasteiger partial charge in [0, 0.05) is 28.3 Å². The highest BCUT2D eigenvalue weighted by Gasteiger charge is 2.36. The number of carbonyl (C=O) groups excluding carboxylic acids is 1. The van der Waals surface area contributed by atoms with Crippen LogP contribution in [0.1, 0.15) is 16.2 Å². The van der Waals surface area contributed by atoms with Gasteiger partial charge in [0.15, 0.2) is 0 Å². The number of hydrogen-bond donors (Lipinski definition) is 2. The van der Waals surface area contributed by atoms with E-state index >= 15 is 0 Å². The number of H-pyrrole nitrogens is 1. The van der Waals surface area contributed by atoms with Crippen LogP contribution in [-0.2, 0) is 15.6 Å². The number of fused-ring (bicyclic) bond motifs is 1. The van der Waals surface area contributed by atoms with E-state index in [0.29, 0.717) is 32.7 Å². The quantitative estimate of drug-likeness (QED) is 0.404. The third-order valence-corrected chi connectivity index (χ3v) is 7.67. The number of aromatic amines is 1. The Morgan fingerprint density at radius 2 is 2.00 bits per heavy atom. The molecule has 1 amide bonds. The van der Waals surface area contributed by atoms with E-state index in [0.717, 1.165) is 0 Å². The van der Waals surface area contributed by atoms with Crippen molar-refractivity contribution in [1.82, 2.24) is 10.3 Å². The normalized spacial score (nSPS) is 13.1. The molecule has 0 saturated carbocycles. The van der Waals surface area contributed by atoms with Gasteiger partial charge in [-0.2, -0.15) is 0 Å². The lowest BCUT2D eigenvalue weighted by atomic mass is 10.2. The molecule has 0 aliphatic heterocycles. The molecule has 0 radical (unpaired) electrons. The third kappa shape index (κ3) is 4.00. The summed E-state index contributed by atoms with van der Waals surface area (Å²) < 4.78 is 30.4. The van der Waals surface area contributed by atoms with Gasteiger partial charge in [-0.25, -0.2) is 0 Å². The minimum absolute atomic E-state index is 0.136. The molecule has 4 rings (SSSR count). The minimum atomic E-state index is -3.69. The number of carbonyl (C=O) groups is 1. The fraction of sp³-hybridized carbons (Fsp3) is 0.136. The van der Waals surface area contributed by atoms with Crippen molar-refractivity contribution in [1.29, 1.82) is 0 Å². The molecule has 2 aromatic carbocycles. The van der Waals surface area contributed by atoms with Crippen LogP contribution in [0, 0.1) is 0 Å². The average molecular weight is 459 g/mol. The molecule has 9 heteroatoms. The Morgan fingerprint density at radius 1 is 1.16 bits per heavy atom. The Bertz CT molecular complexity index is 1280. The number of furan rings is 1. The van der Waals surface area contributed by atoms with Gasteiger partial charge >= 0.3 is 0 Å². The van der Waals surface area contributed by atoms with Gasteiger partial charge in [-0.15, -0.1) is 0 Å². The summed E-state index contributed by atoms with van der Waals surface area (Å²) in [7, 11) is -0.813. The van der Waals surface area contributed by atoms with E-state index in [1.807, 2.05) is 0 Å². The molecule has 0 saturated heterocycles. The van der Waals surface area contributed by atoms with Gasteiger partial charge in [-0.3, -0.25) is 9.36 Å². The number of hydrogen-bond acceptors (Lipinski definition) is 5. The molecule has 0 spiro atoms. The van der Waals surface area contributed by atoms with E-state index in [4.69, 9.17) is 25.3 Å². The number of ether oxygens (including phenoxy) is 1. The maximum Gasteiger partial charge on any atom is 0.268 e. The van der Waals surface area contributed by atoms with Crippen LogP contribution >= 0.6 is 19.0 Å². The first-order valence-corrected chi connectivity index (χ1v) is 11.4. The Labute approximate surface area is 183 Å². The molecule has 0 bridgehead atoms. The maximum absolute atomic E-state index is 14.3. The molecule has 2 N–H and O–H groups in total. The Hall–Kier alpha value is -2.99. The molecule has 7 nitrogen and oxygen atoms in total. The number of halogens is 1. The van der Waals surface area contributed by atoms with Crippen LogP contribution < -0.4 is 20.7 Å². The highest BCUT2D eigenvalue weighted by molar-refractivity contribution is 7.75. The van der Waals surface area contributed by atoms with Gasteiger partial charge in [-0.1, -0.05) is 17.7 Å². The van der Waals surface area contributed by atoms with Crippen LogP contribution in [-0.4, -0.2) is 25.1 Å². The van der Waals surface area contributed by atoms with Gasteiger partial charge in [0.05, 0.1) is 25.2 Å². The fourth-order valence-electron chi connectivity index (χ4n) is 3.41. The lowest BCUT2D eigenvalue weighted by molar-refractivity contribution is 0.0945. The highest BCUT2D eigenvalue weighted by Crippen LogP contribution is 2.47. The Morgan fingerprint density at radius 3 is 2.71 bits per heavy atom. The van der Waals surface area contributed by atoms with Crippen molar-refractivity contribution >= 4 is 46.4 Å². The van der Waals surface area contributed by atoms with Crippen LogP contribution in [0.3, 0.4) is 0 Å². The van der Waals surface area contributed by atoms with Crippen LogP contribution in [0.25, 0.3) is 10.9 Å². The molecule has 0 aliphatic rings. The monoisotopic (exact) mass is 458 g/mol. The SMILES string of the molecule is COc1cccc(P(=O)(OC)c2c(C(=O)NCc3ccco3)[nH]c3ccc(Cl)cc23)c1.